The van der Waals surface area contributed by atoms with Crippen LogP contribution in [0.5, 0.6) is 0 Å². The van der Waals surface area contributed by atoms with Crippen LogP contribution in [0, 0.1) is 0 Å². The lowest BCUT2D eigenvalue weighted by Gasteiger charge is -2.10. The minimum absolute atomic E-state index is 0.0462. The van der Waals surface area contributed by atoms with Crippen molar-refractivity contribution in [3.05, 3.63) is 29.8 Å². The van der Waals surface area contributed by atoms with Gasteiger partial charge in [0.25, 0.3) is 0 Å². The first kappa shape index (κ1) is 17.2. The number of nitrogens with one attached hydrogen (secondary N) is 1. The summed E-state index contributed by atoms with van der Waals surface area (Å²) >= 11 is 5.36. The highest BCUT2D eigenvalue weighted by atomic mass is 35.5. The highest BCUT2D eigenvalue weighted by molar-refractivity contribution is 7.89. The molecule has 0 amide bonds. The van der Waals surface area contributed by atoms with Crippen LogP contribution in [0.1, 0.15) is 5.56 Å². The third-order valence-electron chi connectivity index (χ3n) is 2.23. The minimum atomic E-state index is -4.59. The summed E-state index contributed by atoms with van der Waals surface area (Å²) in [5, 5.41) is 0. The van der Waals surface area contributed by atoms with Crippen molar-refractivity contribution in [2.45, 2.75) is 11.1 Å². The van der Waals surface area contributed by atoms with Gasteiger partial charge in [-0.15, -0.1) is 11.6 Å². The number of benzene rings is 1. The quantitative estimate of drug-likeness (QED) is 0.616. The van der Waals surface area contributed by atoms with E-state index in [0.717, 1.165) is 18.2 Å². The van der Waals surface area contributed by atoms with Gasteiger partial charge in [-0.3, -0.25) is 0 Å². The molecule has 0 radical (unpaired) electrons. The van der Waals surface area contributed by atoms with Crippen LogP contribution in [0.4, 0.5) is 13.2 Å². The second-order valence-corrected chi connectivity index (χ2v) is 5.87. The van der Waals surface area contributed by atoms with Gasteiger partial charge in [0.05, 0.1) is 23.7 Å². The summed E-state index contributed by atoms with van der Waals surface area (Å²) in [6.07, 6.45) is -4.59. The van der Waals surface area contributed by atoms with Crippen LogP contribution in [0.2, 0.25) is 0 Å². The van der Waals surface area contributed by atoms with Gasteiger partial charge in [-0.05, 0) is 18.2 Å². The molecule has 0 saturated carbocycles. The highest BCUT2D eigenvalue weighted by Crippen LogP contribution is 2.30. The first-order chi connectivity index (χ1) is 9.27. The van der Waals surface area contributed by atoms with Crippen LogP contribution in [-0.2, 0) is 20.9 Å². The van der Waals surface area contributed by atoms with Gasteiger partial charge < -0.3 is 4.74 Å². The van der Waals surface area contributed by atoms with Crippen LogP contribution in [-0.4, -0.2) is 34.1 Å². The van der Waals surface area contributed by atoms with Crippen molar-refractivity contribution in [2.24, 2.45) is 0 Å². The molecule has 0 fully saturated rings. The molecule has 0 unspecified atom stereocenters. The average molecular weight is 332 g/mol. The second-order valence-electron chi connectivity index (χ2n) is 3.72. The van der Waals surface area contributed by atoms with Crippen LogP contribution >= 0.6 is 11.6 Å². The fraction of sp³-hybridized carbons (Fsp3) is 0.455. The maximum absolute atomic E-state index is 12.5. The Bertz CT molecular complexity index is 534. The van der Waals surface area contributed by atoms with E-state index in [9.17, 15) is 21.6 Å². The molecule has 1 aromatic rings. The van der Waals surface area contributed by atoms with Crippen molar-refractivity contribution in [3.8, 4) is 0 Å². The first-order valence-corrected chi connectivity index (χ1v) is 7.60. The number of ether oxygens (including phenoxy) is 1. The molecule has 1 N–H and O–H groups in total. The molecule has 114 valence electrons. The minimum Gasteiger partial charge on any atom is -0.379 e. The van der Waals surface area contributed by atoms with Gasteiger partial charge in [0.15, 0.2) is 0 Å². The Morgan fingerprint density at radius 2 is 1.95 bits per heavy atom. The standard InChI is InChI=1S/C11H13ClF3NO3S/c12-4-6-19-7-5-16-20(17,18)10-3-1-2-9(8-10)11(13,14)15/h1-3,8,16H,4-7H2. The molecule has 0 heterocycles. The summed E-state index contributed by atoms with van der Waals surface area (Å²) in [6, 6.07) is 3.53. The van der Waals surface area contributed by atoms with Crippen molar-refractivity contribution in [2.75, 3.05) is 25.6 Å². The van der Waals surface area contributed by atoms with Crippen LogP contribution in [0.25, 0.3) is 0 Å². The zero-order valence-corrected chi connectivity index (χ0v) is 11.9. The summed E-state index contributed by atoms with van der Waals surface area (Å²) in [5.41, 5.74) is -1.02. The SMILES string of the molecule is O=S(=O)(NCCOCCCl)c1cccc(C(F)(F)F)c1. The van der Waals surface area contributed by atoms with E-state index < -0.39 is 26.7 Å². The number of sulfonamides is 1. The Labute approximate surface area is 119 Å². The number of halogens is 4. The molecule has 0 aliphatic rings. The maximum atomic E-state index is 12.5. The van der Waals surface area contributed by atoms with Gasteiger partial charge in [-0.1, -0.05) is 6.07 Å². The normalized spacial score (nSPS) is 12.6. The largest absolute Gasteiger partial charge is 0.416 e. The van der Waals surface area contributed by atoms with Crippen molar-refractivity contribution >= 4 is 21.6 Å². The smallest absolute Gasteiger partial charge is 0.379 e. The van der Waals surface area contributed by atoms with Crippen molar-refractivity contribution in [1.82, 2.24) is 4.72 Å². The summed E-state index contributed by atoms with van der Waals surface area (Å²) in [5.74, 6) is 0.278. The number of hydrogen-bond donors (Lipinski definition) is 1. The van der Waals surface area contributed by atoms with Crippen LogP contribution in [0.3, 0.4) is 0 Å². The molecule has 1 rings (SSSR count). The van der Waals surface area contributed by atoms with Crippen molar-refractivity contribution in [1.29, 1.82) is 0 Å². The third kappa shape index (κ3) is 5.28. The number of rotatable bonds is 7. The summed E-state index contributed by atoms with van der Waals surface area (Å²) < 4.78 is 68.2. The predicted octanol–water partition coefficient (Wildman–Crippen LogP) is 2.24. The lowest BCUT2D eigenvalue weighted by molar-refractivity contribution is -0.137. The van der Waals surface area contributed by atoms with Crippen LogP contribution in [0.15, 0.2) is 29.2 Å². The molecule has 0 aliphatic heterocycles. The predicted molar refractivity (Wildman–Crippen MR) is 68.2 cm³/mol. The zero-order valence-electron chi connectivity index (χ0n) is 10.3. The lowest BCUT2D eigenvalue weighted by atomic mass is 10.2. The molecule has 0 bridgehead atoms. The monoisotopic (exact) mass is 331 g/mol. The summed E-state index contributed by atoms with van der Waals surface area (Å²) in [7, 11) is -3.99. The maximum Gasteiger partial charge on any atom is 0.416 e. The van der Waals surface area contributed by atoms with E-state index in [0.29, 0.717) is 6.07 Å². The Balaban J connectivity index is 2.73. The Kier molecular flexibility index (Phi) is 6.25. The van der Waals surface area contributed by atoms with Gasteiger partial charge in [0.1, 0.15) is 0 Å². The summed E-state index contributed by atoms with van der Waals surface area (Å²) in [4.78, 5) is -0.440. The highest BCUT2D eigenvalue weighted by Gasteiger charge is 2.31. The van der Waals surface area contributed by atoms with Gasteiger partial charge in [0, 0.05) is 12.4 Å². The van der Waals surface area contributed by atoms with Crippen LogP contribution < -0.4 is 4.72 Å². The molecule has 1 aromatic carbocycles. The second kappa shape index (κ2) is 7.26. The van der Waals surface area contributed by atoms with Gasteiger partial charge in [-0.25, -0.2) is 13.1 Å². The van der Waals surface area contributed by atoms with E-state index in [-0.39, 0.29) is 25.6 Å². The fourth-order valence-electron chi connectivity index (χ4n) is 1.33. The van der Waals surface area contributed by atoms with E-state index in [2.05, 4.69) is 4.72 Å². The molecule has 0 saturated heterocycles. The Hall–Kier alpha value is -0.830. The molecule has 0 aromatic heterocycles. The molecule has 9 heteroatoms. The van der Waals surface area contributed by atoms with E-state index in [1.54, 1.807) is 0 Å². The van der Waals surface area contributed by atoms with Gasteiger partial charge >= 0.3 is 6.18 Å². The molecular weight excluding hydrogens is 319 g/mol. The molecular formula is C11H13ClF3NO3S. The van der Waals surface area contributed by atoms with E-state index >= 15 is 0 Å². The topological polar surface area (TPSA) is 55.4 Å². The molecule has 0 spiro atoms. The van der Waals surface area contributed by atoms with Gasteiger partial charge in [0.2, 0.25) is 10.0 Å². The molecule has 0 aliphatic carbocycles. The van der Waals surface area contributed by atoms with Crippen molar-refractivity contribution < 1.29 is 26.3 Å². The lowest BCUT2D eigenvalue weighted by Crippen LogP contribution is -2.28. The number of hydrogen-bond acceptors (Lipinski definition) is 3. The average Bonchev–Trinajstić information content (AvgIpc) is 2.37. The van der Waals surface area contributed by atoms with E-state index in [1.807, 2.05) is 0 Å². The van der Waals surface area contributed by atoms with Gasteiger partial charge in [-0.2, -0.15) is 13.2 Å². The van der Waals surface area contributed by atoms with Crippen molar-refractivity contribution in [3.63, 3.8) is 0 Å². The summed E-state index contributed by atoms with van der Waals surface area (Å²) in [6.45, 7) is 0.313. The molecule has 4 nitrogen and oxygen atoms in total. The zero-order chi connectivity index (χ0) is 15.2. The third-order valence-corrected chi connectivity index (χ3v) is 3.84. The van der Waals surface area contributed by atoms with E-state index in [1.165, 1.54) is 0 Å². The molecule has 0 atom stereocenters. The Morgan fingerprint density at radius 3 is 2.55 bits per heavy atom. The molecule has 20 heavy (non-hydrogen) atoms. The van der Waals surface area contributed by atoms with E-state index in [4.69, 9.17) is 16.3 Å². The first-order valence-electron chi connectivity index (χ1n) is 5.58. The number of alkyl halides is 4. The Morgan fingerprint density at radius 1 is 1.25 bits per heavy atom. The fourth-order valence-corrected chi connectivity index (χ4v) is 2.50.